The SMILES string of the molecule is CN=C(NCc1ncc(C)s1)NCC1(C)CCCC1.I. The minimum absolute atomic E-state index is 0. The first-order chi connectivity index (χ1) is 9.11. The second kappa shape index (κ2) is 8.17. The summed E-state index contributed by atoms with van der Waals surface area (Å²) < 4.78 is 0. The van der Waals surface area contributed by atoms with E-state index in [0.29, 0.717) is 5.41 Å². The van der Waals surface area contributed by atoms with E-state index in [-0.39, 0.29) is 24.0 Å². The van der Waals surface area contributed by atoms with Crippen molar-refractivity contribution >= 4 is 41.3 Å². The van der Waals surface area contributed by atoms with Crippen molar-refractivity contribution in [3.8, 4) is 0 Å². The van der Waals surface area contributed by atoms with Crippen molar-refractivity contribution < 1.29 is 0 Å². The minimum atomic E-state index is 0. The Balaban J connectivity index is 0.00000200. The van der Waals surface area contributed by atoms with E-state index in [1.165, 1.54) is 30.6 Å². The van der Waals surface area contributed by atoms with Gasteiger partial charge >= 0.3 is 0 Å². The smallest absolute Gasteiger partial charge is 0.191 e. The Morgan fingerprint density at radius 1 is 1.40 bits per heavy atom. The van der Waals surface area contributed by atoms with Crippen LogP contribution in [0.1, 0.15) is 42.5 Å². The van der Waals surface area contributed by atoms with Gasteiger partial charge in [-0.1, -0.05) is 19.8 Å². The van der Waals surface area contributed by atoms with E-state index in [2.05, 4.69) is 34.5 Å². The van der Waals surface area contributed by atoms with Crippen LogP contribution in [-0.2, 0) is 6.54 Å². The van der Waals surface area contributed by atoms with E-state index in [4.69, 9.17) is 0 Å². The molecule has 2 N–H and O–H groups in total. The monoisotopic (exact) mass is 408 g/mol. The van der Waals surface area contributed by atoms with E-state index < -0.39 is 0 Å². The lowest BCUT2D eigenvalue weighted by molar-refractivity contribution is 0.334. The normalized spacial score (nSPS) is 17.6. The van der Waals surface area contributed by atoms with Crippen LogP contribution in [0, 0.1) is 12.3 Å². The highest BCUT2D eigenvalue weighted by Crippen LogP contribution is 2.36. The van der Waals surface area contributed by atoms with Crippen molar-refractivity contribution in [2.24, 2.45) is 10.4 Å². The summed E-state index contributed by atoms with van der Waals surface area (Å²) in [7, 11) is 1.82. The van der Waals surface area contributed by atoms with Gasteiger partial charge in [-0.2, -0.15) is 0 Å². The van der Waals surface area contributed by atoms with Gasteiger partial charge in [0.15, 0.2) is 5.96 Å². The maximum Gasteiger partial charge on any atom is 0.191 e. The van der Waals surface area contributed by atoms with Gasteiger partial charge in [-0.15, -0.1) is 35.3 Å². The number of guanidine groups is 1. The summed E-state index contributed by atoms with van der Waals surface area (Å²) in [6, 6.07) is 0. The highest BCUT2D eigenvalue weighted by Gasteiger charge is 2.28. The lowest BCUT2D eigenvalue weighted by Gasteiger charge is -2.25. The molecule has 1 aliphatic rings. The summed E-state index contributed by atoms with van der Waals surface area (Å²) >= 11 is 1.73. The molecule has 0 bridgehead atoms. The molecular formula is C14H25IN4S. The molecule has 1 aliphatic carbocycles. The molecule has 4 nitrogen and oxygen atoms in total. The van der Waals surface area contributed by atoms with Gasteiger partial charge in [0.2, 0.25) is 0 Å². The van der Waals surface area contributed by atoms with Crippen molar-refractivity contribution in [2.75, 3.05) is 13.6 Å². The summed E-state index contributed by atoms with van der Waals surface area (Å²) in [5.74, 6) is 0.876. The van der Waals surface area contributed by atoms with Gasteiger partial charge in [-0.3, -0.25) is 4.99 Å². The maximum atomic E-state index is 4.35. The molecule has 1 fully saturated rings. The van der Waals surface area contributed by atoms with Gasteiger partial charge in [0.1, 0.15) is 5.01 Å². The number of rotatable bonds is 4. The molecule has 0 radical (unpaired) electrons. The standard InChI is InChI=1S/C14H24N4S.HI/c1-11-8-16-12(19-11)9-17-13(15-3)18-10-14(2)6-4-5-7-14;/h8H,4-7,9-10H2,1-3H3,(H2,15,17,18);1H. The lowest BCUT2D eigenvalue weighted by Crippen LogP contribution is -2.41. The maximum absolute atomic E-state index is 4.35. The van der Waals surface area contributed by atoms with Crippen LogP contribution in [0.5, 0.6) is 0 Å². The summed E-state index contributed by atoms with van der Waals surface area (Å²) in [5.41, 5.74) is 0.440. The predicted molar refractivity (Wildman–Crippen MR) is 97.0 cm³/mol. The second-order valence-corrected chi connectivity index (χ2v) is 6.98. The highest BCUT2D eigenvalue weighted by atomic mass is 127. The summed E-state index contributed by atoms with van der Waals surface area (Å²) in [6.45, 7) is 6.19. The zero-order chi connectivity index (χ0) is 13.7. The summed E-state index contributed by atoms with van der Waals surface area (Å²) in [4.78, 5) is 9.87. The van der Waals surface area contributed by atoms with Crippen LogP contribution in [0.2, 0.25) is 0 Å². The van der Waals surface area contributed by atoms with Crippen LogP contribution in [0.4, 0.5) is 0 Å². The fourth-order valence-corrected chi connectivity index (χ4v) is 3.29. The molecule has 1 saturated carbocycles. The molecule has 20 heavy (non-hydrogen) atoms. The molecule has 1 aromatic heterocycles. The van der Waals surface area contributed by atoms with E-state index in [0.717, 1.165) is 24.1 Å². The zero-order valence-electron chi connectivity index (χ0n) is 12.5. The predicted octanol–water partition coefficient (Wildman–Crippen LogP) is 3.31. The molecule has 0 unspecified atom stereocenters. The third-order valence-electron chi connectivity index (χ3n) is 3.79. The van der Waals surface area contributed by atoms with Crippen LogP contribution in [0.25, 0.3) is 0 Å². The Hall–Kier alpha value is -0.370. The van der Waals surface area contributed by atoms with Crippen molar-refractivity contribution in [1.82, 2.24) is 15.6 Å². The summed E-state index contributed by atoms with van der Waals surface area (Å²) in [5, 5.41) is 7.88. The first kappa shape index (κ1) is 17.7. The van der Waals surface area contributed by atoms with Crippen LogP contribution < -0.4 is 10.6 Å². The molecule has 0 saturated heterocycles. The van der Waals surface area contributed by atoms with Gasteiger partial charge in [-0.05, 0) is 25.2 Å². The van der Waals surface area contributed by atoms with Gasteiger partial charge in [-0.25, -0.2) is 4.98 Å². The molecule has 1 heterocycles. The van der Waals surface area contributed by atoms with Crippen LogP contribution in [0.15, 0.2) is 11.2 Å². The second-order valence-electron chi connectivity index (χ2n) is 5.66. The van der Waals surface area contributed by atoms with E-state index in [1.54, 1.807) is 11.3 Å². The third kappa shape index (κ3) is 5.20. The topological polar surface area (TPSA) is 49.3 Å². The molecule has 0 aromatic carbocycles. The average Bonchev–Trinajstić information content (AvgIpc) is 2.99. The Morgan fingerprint density at radius 3 is 2.65 bits per heavy atom. The van der Waals surface area contributed by atoms with Gasteiger partial charge < -0.3 is 10.6 Å². The average molecular weight is 408 g/mol. The fourth-order valence-electron chi connectivity index (χ4n) is 2.57. The Kier molecular flexibility index (Phi) is 7.22. The number of nitrogens with zero attached hydrogens (tertiary/aromatic N) is 2. The number of hydrogen-bond donors (Lipinski definition) is 2. The first-order valence-electron chi connectivity index (χ1n) is 6.97. The van der Waals surface area contributed by atoms with Crippen molar-refractivity contribution in [3.05, 3.63) is 16.1 Å². The zero-order valence-corrected chi connectivity index (χ0v) is 15.7. The van der Waals surface area contributed by atoms with E-state index in [1.807, 2.05) is 13.2 Å². The molecule has 0 aliphatic heterocycles. The van der Waals surface area contributed by atoms with Crippen molar-refractivity contribution in [3.63, 3.8) is 0 Å². The number of halogens is 1. The largest absolute Gasteiger partial charge is 0.356 e. The molecule has 6 heteroatoms. The number of nitrogens with one attached hydrogen (secondary N) is 2. The fraction of sp³-hybridized carbons (Fsp3) is 0.714. The molecule has 0 amide bonds. The number of thiazole rings is 1. The number of aromatic nitrogens is 1. The molecule has 0 spiro atoms. The van der Waals surface area contributed by atoms with Crippen LogP contribution >= 0.6 is 35.3 Å². The number of aryl methyl sites for hydroxylation is 1. The van der Waals surface area contributed by atoms with E-state index >= 15 is 0 Å². The highest BCUT2D eigenvalue weighted by molar-refractivity contribution is 14.0. The number of aliphatic imine (C=N–C) groups is 1. The quantitative estimate of drug-likeness (QED) is 0.457. The van der Waals surface area contributed by atoms with Crippen molar-refractivity contribution in [1.29, 1.82) is 0 Å². The molecule has 114 valence electrons. The third-order valence-corrected chi connectivity index (χ3v) is 4.71. The van der Waals surface area contributed by atoms with Crippen LogP contribution in [0.3, 0.4) is 0 Å². The lowest BCUT2D eigenvalue weighted by atomic mass is 9.89. The Bertz CT molecular complexity index is 438. The molecule has 0 atom stereocenters. The van der Waals surface area contributed by atoms with Crippen molar-refractivity contribution in [2.45, 2.75) is 46.1 Å². The first-order valence-corrected chi connectivity index (χ1v) is 7.79. The number of hydrogen-bond acceptors (Lipinski definition) is 3. The minimum Gasteiger partial charge on any atom is -0.356 e. The summed E-state index contributed by atoms with van der Waals surface area (Å²) in [6.07, 6.45) is 7.29. The van der Waals surface area contributed by atoms with Gasteiger partial charge in [0, 0.05) is 24.7 Å². The molecular weight excluding hydrogens is 383 g/mol. The van der Waals surface area contributed by atoms with E-state index in [9.17, 15) is 0 Å². The molecule has 2 rings (SSSR count). The van der Waals surface area contributed by atoms with Gasteiger partial charge in [0.05, 0.1) is 6.54 Å². The Labute approximate surface area is 142 Å². The Morgan fingerprint density at radius 2 is 2.10 bits per heavy atom. The van der Waals surface area contributed by atoms with Gasteiger partial charge in [0.25, 0.3) is 0 Å². The molecule has 1 aromatic rings. The van der Waals surface area contributed by atoms with Crippen LogP contribution in [-0.4, -0.2) is 24.5 Å².